The first kappa shape index (κ1) is 20.4. The maximum Gasteiger partial charge on any atom is 0.251 e. The van der Waals surface area contributed by atoms with Crippen LogP contribution >= 0.6 is 0 Å². The van der Waals surface area contributed by atoms with E-state index in [0.717, 1.165) is 5.56 Å². The number of nitrogens with one attached hydrogen (secondary N) is 2. The Balaban J connectivity index is 1.98. The molecule has 0 bridgehead atoms. The lowest BCUT2D eigenvalue weighted by atomic mass is 9.84. The second-order valence-electron chi connectivity index (χ2n) is 7.11. The van der Waals surface area contributed by atoms with Gasteiger partial charge in [0.2, 0.25) is 5.91 Å². The molecule has 26 heavy (non-hydrogen) atoms. The van der Waals surface area contributed by atoms with E-state index in [1.807, 2.05) is 45.9 Å². The first-order valence-corrected chi connectivity index (χ1v) is 9.19. The number of ether oxygens (including phenoxy) is 2. The summed E-state index contributed by atoms with van der Waals surface area (Å²) in [5.41, 5.74) is 1.56. The molecule has 6 heteroatoms. The van der Waals surface area contributed by atoms with E-state index in [4.69, 9.17) is 9.47 Å². The molecule has 1 aliphatic rings. The van der Waals surface area contributed by atoms with Crippen LogP contribution in [0, 0.1) is 12.8 Å². The molecule has 0 radical (unpaired) electrons. The van der Waals surface area contributed by atoms with Crippen LogP contribution in [0.5, 0.6) is 0 Å². The molecular weight excluding hydrogens is 332 g/mol. The SMILES string of the molecule is CCOC1CC(NC(=O)C(NC(=O)c2cccc(C)c2)C(C)C)C1OC. The Bertz CT molecular complexity index is 632. The molecule has 2 rings (SSSR count). The monoisotopic (exact) mass is 362 g/mol. The molecule has 1 aromatic carbocycles. The van der Waals surface area contributed by atoms with Gasteiger partial charge < -0.3 is 20.1 Å². The van der Waals surface area contributed by atoms with Crippen LogP contribution in [0.1, 0.15) is 43.1 Å². The zero-order valence-corrected chi connectivity index (χ0v) is 16.2. The van der Waals surface area contributed by atoms with E-state index in [9.17, 15) is 9.59 Å². The highest BCUT2D eigenvalue weighted by atomic mass is 16.5. The van der Waals surface area contributed by atoms with Crippen molar-refractivity contribution >= 4 is 11.8 Å². The molecule has 1 saturated carbocycles. The third kappa shape index (κ3) is 4.83. The Morgan fingerprint density at radius 2 is 2.04 bits per heavy atom. The molecule has 4 unspecified atom stereocenters. The van der Waals surface area contributed by atoms with Crippen molar-refractivity contribution in [3.05, 3.63) is 35.4 Å². The van der Waals surface area contributed by atoms with Crippen molar-refractivity contribution in [1.82, 2.24) is 10.6 Å². The Kier molecular flexibility index (Phi) is 7.17. The van der Waals surface area contributed by atoms with Crippen molar-refractivity contribution < 1.29 is 19.1 Å². The predicted octanol–water partition coefficient (Wildman–Crippen LogP) is 2.06. The third-order valence-corrected chi connectivity index (χ3v) is 4.75. The summed E-state index contributed by atoms with van der Waals surface area (Å²) in [6.07, 6.45) is 0.572. The van der Waals surface area contributed by atoms with Crippen LogP contribution in [0.15, 0.2) is 24.3 Å². The largest absolute Gasteiger partial charge is 0.377 e. The summed E-state index contributed by atoms with van der Waals surface area (Å²) in [4.78, 5) is 25.2. The van der Waals surface area contributed by atoms with Crippen LogP contribution in [0.4, 0.5) is 0 Å². The fourth-order valence-electron chi connectivity index (χ4n) is 3.23. The van der Waals surface area contributed by atoms with Gasteiger partial charge in [-0.25, -0.2) is 0 Å². The van der Waals surface area contributed by atoms with Crippen LogP contribution in [-0.2, 0) is 14.3 Å². The fourth-order valence-corrected chi connectivity index (χ4v) is 3.23. The standard InChI is InChI=1S/C20H30N2O4/c1-6-26-16-11-15(18(16)25-5)21-20(24)17(12(2)3)22-19(23)14-9-7-8-13(4)10-14/h7-10,12,15-18H,6,11H2,1-5H3,(H,21,24)(H,22,23). The number of hydrogen-bond donors (Lipinski definition) is 2. The molecule has 0 heterocycles. The van der Waals surface area contributed by atoms with Gasteiger partial charge in [-0.1, -0.05) is 31.5 Å². The van der Waals surface area contributed by atoms with Gasteiger partial charge in [-0.3, -0.25) is 9.59 Å². The fraction of sp³-hybridized carbons (Fsp3) is 0.600. The molecular formula is C20H30N2O4. The minimum absolute atomic E-state index is 0.00897. The summed E-state index contributed by atoms with van der Waals surface area (Å²) < 4.78 is 11.0. The van der Waals surface area contributed by atoms with Crippen LogP contribution < -0.4 is 10.6 Å². The summed E-state index contributed by atoms with van der Waals surface area (Å²) in [6.45, 7) is 8.32. The average Bonchev–Trinajstić information content (AvgIpc) is 2.58. The number of methoxy groups -OCH3 is 1. The van der Waals surface area contributed by atoms with Gasteiger partial charge in [0.15, 0.2) is 0 Å². The van der Waals surface area contributed by atoms with E-state index >= 15 is 0 Å². The van der Waals surface area contributed by atoms with Crippen molar-refractivity contribution in [2.24, 2.45) is 5.92 Å². The van der Waals surface area contributed by atoms with Crippen LogP contribution in [0.25, 0.3) is 0 Å². The third-order valence-electron chi connectivity index (χ3n) is 4.75. The van der Waals surface area contributed by atoms with E-state index in [-0.39, 0.29) is 36.0 Å². The molecule has 0 spiro atoms. The lowest BCUT2D eigenvalue weighted by Crippen LogP contribution is -2.63. The Morgan fingerprint density at radius 1 is 1.31 bits per heavy atom. The van der Waals surface area contributed by atoms with Crippen molar-refractivity contribution in [1.29, 1.82) is 0 Å². The van der Waals surface area contributed by atoms with E-state index in [1.54, 1.807) is 13.2 Å². The second-order valence-corrected chi connectivity index (χ2v) is 7.11. The Labute approximate surface area is 155 Å². The molecule has 144 valence electrons. The molecule has 1 aromatic rings. The topological polar surface area (TPSA) is 76.7 Å². The van der Waals surface area contributed by atoms with Crippen LogP contribution in [0.3, 0.4) is 0 Å². The zero-order chi connectivity index (χ0) is 19.3. The van der Waals surface area contributed by atoms with Crippen molar-refractivity contribution in [2.75, 3.05) is 13.7 Å². The molecule has 2 amide bonds. The summed E-state index contributed by atoms with van der Waals surface area (Å²) in [6, 6.07) is 6.62. The first-order chi connectivity index (χ1) is 12.4. The number of benzene rings is 1. The maximum atomic E-state index is 12.7. The number of hydrogen-bond acceptors (Lipinski definition) is 4. The molecule has 0 aliphatic heterocycles. The Hall–Kier alpha value is -1.92. The van der Waals surface area contributed by atoms with E-state index in [1.165, 1.54) is 0 Å². The number of carbonyl (C=O) groups excluding carboxylic acids is 2. The van der Waals surface area contributed by atoms with Gasteiger partial charge in [-0.05, 0) is 38.3 Å². The molecule has 2 N–H and O–H groups in total. The van der Waals surface area contributed by atoms with Gasteiger partial charge in [0.25, 0.3) is 5.91 Å². The van der Waals surface area contributed by atoms with Crippen molar-refractivity contribution in [3.8, 4) is 0 Å². The highest BCUT2D eigenvalue weighted by Gasteiger charge is 2.43. The molecule has 1 aliphatic carbocycles. The smallest absolute Gasteiger partial charge is 0.251 e. The lowest BCUT2D eigenvalue weighted by molar-refractivity contribution is -0.144. The number of carbonyl (C=O) groups is 2. The summed E-state index contributed by atoms with van der Waals surface area (Å²) in [7, 11) is 1.62. The Morgan fingerprint density at radius 3 is 2.62 bits per heavy atom. The highest BCUT2D eigenvalue weighted by molar-refractivity contribution is 5.97. The minimum atomic E-state index is -0.605. The van der Waals surface area contributed by atoms with E-state index in [0.29, 0.717) is 18.6 Å². The molecule has 1 fully saturated rings. The molecule has 0 saturated heterocycles. The number of amides is 2. The summed E-state index contributed by atoms with van der Waals surface area (Å²) >= 11 is 0. The number of aryl methyl sites for hydroxylation is 1. The van der Waals surface area contributed by atoms with Gasteiger partial charge >= 0.3 is 0 Å². The molecule has 6 nitrogen and oxygen atoms in total. The summed E-state index contributed by atoms with van der Waals surface area (Å²) in [5.74, 6) is -0.470. The summed E-state index contributed by atoms with van der Waals surface area (Å²) in [5, 5.41) is 5.86. The quantitative estimate of drug-likeness (QED) is 0.742. The maximum absolute atomic E-state index is 12.7. The number of rotatable bonds is 8. The average molecular weight is 362 g/mol. The van der Waals surface area contributed by atoms with Gasteiger partial charge in [0, 0.05) is 19.3 Å². The van der Waals surface area contributed by atoms with Crippen molar-refractivity contribution in [3.63, 3.8) is 0 Å². The molecule has 0 aromatic heterocycles. The zero-order valence-electron chi connectivity index (χ0n) is 16.2. The van der Waals surface area contributed by atoms with Gasteiger partial charge in [-0.2, -0.15) is 0 Å². The highest BCUT2D eigenvalue weighted by Crippen LogP contribution is 2.27. The van der Waals surface area contributed by atoms with Gasteiger partial charge in [0.1, 0.15) is 12.1 Å². The van der Waals surface area contributed by atoms with Gasteiger partial charge in [0.05, 0.1) is 12.1 Å². The van der Waals surface area contributed by atoms with E-state index in [2.05, 4.69) is 10.6 Å². The van der Waals surface area contributed by atoms with Crippen LogP contribution in [0.2, 0.25) is 0 Å². The minimum Gasteiger partial charge on any atom is -0.377 e. The first-order valence-electron chi connectivity index (χ1n) is 9.19. The second kappa shape index (κ2) is 9.14. The molecule has 4 atom stereocenters. The van der Waals surface area contributed by atoms with Crippen LogP contribution in [-0.4, -0.2) is 49.8 Å². The van der Waals surface area contributed by atoms with Gasteiger partial charge in [-0.15, -0.1) is 0 Å². The van der Waals surface area contributed by atoms with Crippen molar-refractivity contribution in [2.45, 2.75) is 58.4 Å². The normalized spacial score (nSPS) is 23.2. The van der Waals surface area contributed by atoms with E-state index < -0.39 is 6.04 Å². The lowest BCUT2D eigenvalue weighted by Gasteiger charge is -2.43. The predicted molar refractivity (Wildman–Crippen MR) is 100 cm³/mol.